The summed E-state index contributed by atoms with van der Waals surface area (Å²) in [6, 6.07) is 14.9. The first-order valence-electron chi connectivity index (χ1n) is 9.27. The van der Waals surface area contributed by atoms with Gasteiger partial charge in [-0.05, 0) is 49.2 Å². The average molecular weight is 432 g/mol. The van der Waals surface area contributed by atoms with Gasteiger partial charge in [0.25, 0.3) is 10.1 Å². The second-order valence-corrected chi connectivity index (χ2v) is 8.19. The van der Waals surface area contributed by atoms with Gasteiger partial charge in [0.1, 0.15) is 0 Å². The number of nitrogens with one attached hydrogen (secondary N) is 1. The number of hydrogen-bond acceptors (Lipinski definition) is 7. The predicted molar refractivity (Wildman–Crippen MR) is 111 cm³/mol. The average Bonchev–Trinajstić information content (AvgIpc) is 2.71. The third-order valence-corrected chi connectivity index (χ3v) is 5.02. The third-order valence-electron chi connectivity index (χ3n) is 4.50. The molecule has 2 aromatic carbocycles. The lowest BCUT2D eigenvalue weighted by molar-refractivity contribution is -0.142. The van der Waals surface area contributed by atoms with Gasteiger partial charge in [-0.25, -0.2) is 8.98 Å². The number of hydrogen-bond donors (Lipinski definition) is 2. The monoisotopic (exact) mass is 432 g/mol. The minimum absolute atomic E-state index is 0.192. The van der Waals surface area contributed by atoms with Gasteiger partial charge in [-0.1, -0.05) is 25.1 Å². The van der Waals surface area contributed by atoms with E-state index in [0.717, 1.165) is 6.26 Å². The highest BCUT2D eigenvalue weighted by Gasteiger charge is 2.39. The molecule has 8 nitrogen and oxygen atoms in total. The lowest BCUT2D eigenvalue weighted by Gasteiger charge is -2.32. The fourth-order valence-corrected chi connectivity index (χ4v) is 3.49. The van der Waals surface area contributed by atoms with Crippen LogP contribution in [0.3, 0.4) is 0 Å². The smallest absolute Gasteiger partial charge is 0.334 e. The lowest BCUT2D eigenvalue weighted by atomic mass is 9.85. The van der Waals surface area contributed by atoms with Gasteiger partial charge in [-0.15, -0.1) is 0 Å². The van der Waals surface area contributed by atoms with Gasteiger partial charge in [0.05, 0.1) is 17.9 Å². The molecule has 30 heavy (non-hydrogen) atoms. The van der Waals surface area contributed by atoms with Crippen LogP contribution in [-0.2, 0) is 29.4 Å². The van der Waals surface area contributed by atoms with E-state index < -0.39 is 27.9 Å². The minimum atomic E-state index is -3.80. The van der Waals surface area contributed by atoms with Crippen molar-refractivity contribution in [3.63, 3.8) is 0 Å². The summed E-state index contributed by atoms with van der Waals surface area (Å²) in [7, 11) is -3.80. The molecule has 9 heteroatoms. The summed E-state index contributed by atoms with van der Waals surface area (Å²) in [5.41, 5.74) is 0.267. The van der Waals surface area contributed by atoms with Crippen molar-refractivity contribution in [3.8, 4) is 6.07 Å². The Kier molecular flexibility index (Phi) is 7.56. The van der Waals surface area contributed by atoms with E-state index in [4.69, 9.17) is 14.2 Å². The number of aliphatic carboxylic acids is 1. The van der Waals surface area contributed by atoms with Gasteiger partial charge in [0.15, 0.2) is 5.54 Å². The van der Waals surface area contributed by atoms with Crippen LogP contribution in [-0.4, -0.2) is 32.4 Å². The lowest BCUT2D eigenvalue weighted by Crippen LogP contribution is -2.43. The van der Waals surface area contributed by atoms with Crippen molar-refractivity contribution in [2.24, 2.45) is 0 Å². The number of carbonyl (C=O) groups is 1. The number of benzene rings is 2. The van der Waals surface area contributed by atoms with E-state index in [-0.39, 0.29) is 13.0 Å². The zero-order valence-corrected chi connectivity index (χ0v) is 17.8. The summed E-state index contributed by atoms with van der Waals surface area (Å²) in [6.07, 6.45) is -0.0794. The largest absolute Gasteiger partial charge is 0.479 e. The molecule has 0 heterocycles. The molecule has 0 fully saturated rings. The highest BCUT2D eigenvalue weighted by Crippen LogP contribution is 2.33. The Hall–Kier alpha value is -2.93. The zero-order chi connectivity index (χ0) is 22.4. The van der Waals surface area contributed by atoms with Crippen molar-refractivity contribution >= 4 is 21.8 Å². The number of nitriles is 1. The van der Waals surface area contributed by atoms with Crippen LogP contribution < -0.4 is 5.32 Å². The van der Waals surface area contributed by atoms with Crippen molar-refractivity contribution in [2.45, 2.75) is 32.1 Å². The Labute approximate surface area is 176 Å². The second kappa shape index (κ2) is 9.71. The van der Waals surface area contributed by atoms with E-state index in [1.807, 2.05) is 6.07 Å². The first kappa shape index (κ1) is 23.3. The summed E-state index contributed by atoms with van der Waals surface area (Å²) in [4.78, 5) is 12.3. The molecular weight excluding hydrogens is 408 g/mol. The molecule has 160 valence electrons. The Balaban J connectivity index is 2.50. The zero-order valence-electron chi connectivity index (χ0n) is 17.0. The van der Waals surface area contributed by atoms with Crippen molar-refractivity contribution < 1.29 is 27.2 Å². The Morgan fingerprint density at radius 3 is 2.40 bits per heavy atom. The normalized spacial score (nSPS) is 14.3. The Morgan fingerprint density at radius 2 is 1.90 bits per heavy atom. The molecule has 0 saturated carbocycles. The van der Waals surface area contributed by atoms with Crippen LogP contribution in [0.1, 0.15) is 43.2 Å². The van der Waals surface area contributed by atoms with Crippen molar-refractivity contribution in [1.82, 2.24) is 0 Å². The third kappa shape index (κ3) is 5.57. The van der Waals surface area contributed by atoms with Crippen molar-refractivity contribution in [2.75, 3.05) is 18.2 Å². The van der Waals surface area contributed by atoms with Gasteiger partial charge in [-0.3, -0.25) is 0 Å². The highest BCUT2D eigenvalue weighted by atomic mass is 32.2. The van der Waals surface area contributed by atoms with Crippen LogP contribution in [0.15, 0.2) is 48.5 Å². The molecule has 2 atom stereocenters. The molecule has 0 bridgehead atoms. The van der Waals surface area contributed by atoms with E-state index in [0.29, 0.717) is 22.4 Å². The SMILES string of the molecule is CCOC(OS(C)(=O)=O)c1cccc(C(CC)(Nc2ccc(C#N)cc2)C(=O)O)c1. The number of carboxylic acid groups (broad SMARTS) is 1. The quantitative estimate of drug-likeness (QED) is 0.432. The Morgan fingerprint density at radius 1 is 1.23 bits per heavy atom. The minimum Gasteiger partial charge on any atom is -0.479 e. The first-order chi connectivity index (χ1) is 14.1. The molecule has 2 N–H and O–H groups in total. The van der Waals surface area contributed by atoms with Gasteiger partial charge in [0, 0.05) is 17.9 Å². The molecule has 0 aliphatic rings. The number of anilines is 1. The van der Waals surface area contributed by atoms with E-state index in [9.17, 15) is 18.3 Å². The topological polar surface area (TPSA) is 126 Å². The van der Waals surface area contributed by atoms with Crippen LogP contribution >= 0.6 is 0 Å². The predicted octanol–water partition coefficient (Wildman–Crippen LogP) is 3.37. The van der Waals surface area contributed by atoms with Crippen LogP contribution in [0, 0.1) is 11.3 Å². The summed E-state index contributed by atoms with van der Waals surface area (Å²) < 4.78 is 33.6. The van der Waals surface area contributed by atoms with Gasteiger partial charge in [0.2, 0.25) is 6.29 Å². The second-order valence-electron chi connectivity index (χ2n) is 6.59. The number of carboxylic acids is 1. The van der Waals surface area contributed by atoms with Crippen LogP contribution in [0.4, 0.5) is 5.69 Å². The van der Waals surface area contributed by atoms with Crippen LogP contribution in [0.25, 0.3) is 0 Å². The van der Waals surface area contributed by atoms with Gasteiger partial charge < -0.3 is 15.2 Å². The fourth-order valence-electron chi connectivity index (χ4n) is 3.01. The van der Waals surface area contributed by atoms with E-state index in [1.54, 1.807) is 62.4 Å². The number of ether oxygens (including phenoxy) is 1. The van der Waals surface area contributed by atoms with Crippen molar-refractivity contribution in [3.05, 3.63) is 65.2 Å². The molecule has 0 aromatic heterocycles. The van der Waals surface area contributed by atoms with Crippen LogP contribution in [0.5, 0.6) is 0 Å². The molecule has 0 amide bonds. The molecule has 2 unspecified atom stereocenters. The summed E-state index contributed by atoms with van der Waals surface area (Å²) in [5.74, 6) is -1.11. The van der Waals surface area contributed by atoms with Gasteiger partial charge >= 0.3 is 5.97 Å². The molecule has 0 aliphatic heterocycles. The summed E-state index contributed by atoms with van der Waals surface area (Å²) in [5, 5.41) is 22.1. The molecule has 0 spiro atoms. The van der Waals surface area contributed by atoms with E-state index >= 15 is 0 Å². The molecule has 0 aliphatic carbocycles. The maximum atomic E-state index is 12.3. The maximum Gasteiger partial charge on any atom is 0.334 e. The Bertz CT molecular complexity index is 1030. The number of rotatable bonds is 10. The first-order valence-corrected chi connectivity index (χ1v) is 11.1. The maximum absolute atomic E-state index is 12.3. The van der Waals surface area contributed by atoms with E-state index in [2.05, 4.69) is 5.32 Å². The molecule has 0 saturated heterocycles. The van der Waals surface area contributed by atoms with E-state index in [1.165, 1.54) is 0 Å². The highest BCUT2D eigenvalue weighted by molar-refractivity contribution is 7.86. The fraction of sp³-hybridized carbons (Fsp3) is 0.333. The van der Waals surface area contributed by atoms with Crippen molar-refractivity contribution in [1.29, 1.82) is 5.26 Å². The molecule has 0 radical (unpaired) electrons. The summed E-state index contributed by atoms with van der Waals surface area (Å²) >= 11 is 0. The molecule has 2 rings (SSSR count). The van der Waals surface area contributed by atoms with Gasteiger partial charge in [-0.2, -0.15) is 13.7 Å². The summed E-state index contributed by atoms with van der Waals surface area (Å²) in [6.45, 7) is 3.62. The number of nitrogens with zero attached hydrogens (tertiary/aromatic N) is 1. The molecular formula is C21H24N2O6S. The van der Waals surface area contributed by atoms with Crippen LogP contribution in [0.2, 0.25) is 0 Å². The molecule has 2 aromatic rings. The standard InChI is InChI=1S/C21H24N2O6S/c1-4-21(20(24)25,23-18-11-9-15(14-22)10-12-18)17-8-6-7-16(13-17)19(28-5-2)29-30(3,26)27/h6-13,19,23H,4-5H2,1-3H3,(H,24,25).